The third-order valence-corrected chi connectivity index (χ3v) is 5.87. The number of aromatic nitrogens is 2. The van der Waals surface area contributed by atoms with E-state index < -0.39 is 0 Å². The van der Waals surface area contributed by atoms with Crippen molar-refractivity contribution in [2.45, 2.75) is 0 Å². The van der Waals surface area contributed by atoms with Crippen LogP contribution in [-0.2, 0) is 4.79 Å². The Labute approximate surface area is 165 Å². The van der Waals surface area contributed by atoms with Crippen LogP contribution in [0.3, 0.4) is 0 Å². The molecule has 0 saturated carbocycles. The van der Waals surface area contributed by atoms with Gasteiger partial charge in [-0.05, 0) is 30.3 Å². The Morgan fingerprint density at radius 2 is 2.11 bits per heavy atom. The van der Waals surface area contributed by atoms with E-state index in [1.54, 1.807) is 40.4 Å². The lowest BCUT2D eigenvalue weighted by molar-refractivity contribution is -0.130. The second-order valence-electron chi connectivity index (χ2n) is 5.80. The van der Waals surface area contributed by atoms with Crippen molar-refractivity contribution >= 4 is 35.1 Å². The average Bonchev–Trinajstić information content (AvgIpc) is 3.38. The Balaban J connectivity index is 1.45. The summed E-state index contributed by atoms with van der Waals surface area (Å²) in [6, 6.07) is 13.3. The van der Waals surface area contributed by atoms with E-state index in [1.165, 1.54) is 0 Å². The second kappa shape index (κ2) is 8.37. The number of hydrogen-bond donors (Lipinski definition) is 0. The van der Waals surface area contributed by atoms with Crippen LogP contribution in [0.5, 0.6) is 5.75 Å². The van der Waals surface area contributed by atoms with Gasteiger partial charge in [-0.1, -0.05) is 18.2 Å². The minimum absolute atomic E-state index is 0.0277. The topological polar surface area (TPSA) is 55.3 Å². The Kier molecular flexibility index (Phi) is 5.50. The van der Waals surface area contributed by atoms with Crippen molar-refractivity contribution in [2.24, 2.45) is 0 Å². The van der Waals surface area contributed by atoms with Crippen molar-refractivity contribution in [2.75, 3.05) is 18.9 Å². The lowest BCUT2D eigenvalue weighted by Gasteiger charge is -2.17. The molecule has 1 aliphatic rings. The Hall–Kier alpha value is -2.64. The molecule has 27 heavy (non-hydrogen) atoms. The molecule has 3 heterocycles. The number of amides is 1. The highest BCUT2D eigenvalue weighted by Crippen LogP contribution is 2.31. The van der Waals surface area contributed by atoms with Gasteiger partial charge in [-0.15, -0.1) is 23.1 Å². The van der Waals surface area contributed by atoms with Gasteiger partial charge >= 0.3 is 0 Å². The first-order chi connectivity index (χ1) is 13.3. The van der Waals surface area contributed by atoms with Crippen molar-refractivity contribution in [1.29, 1.82) is 0 Å². The van der Waals surface area contributed by atoms with Crippen molar-refractivity contribution in [3.8, 4) is 16.3 Å². The summed E-state index contributed by atoms with van der Waals surface area (Å²) < 4.78 is 5.59. The highest BCUT2D eigenvalue weighted by Gasteiger charge is 2.24. The fourth-order valence-corrected chi connectivity index (χ4v) is 4.44. The van der Waals surface area contributed by atoms with Gasteiger partial charge in [0.2, 0.25) is 0 Å². The molecule has 4 rings (SSSR count). The summed E-state index contributed by atoms with van der Waals surface area (Å²) in [5, 5.41) is 3.83. The Morgan fingerprint density at radius 1 is 1.22 bits per heavy atom. The smallest absolute Gasteiger partial charge is 0.265 e. The zero-order valence-electron chi connectivity index (χ0n) is 14.4. The van der Waals surface area contributed by atoms with E-state index in [0.717, 1.165) is 27.0 Å². The number of thiazole rings is 1. The summed E-state index contributed by atoms with van der Waals surface area (Å²) in [5.41, 5.74) is 1.85. The molecule has 1 fully saturated rings. The van der Waals surface area contributed by atoms with E-state index in [1.807, 2.05) is 53.9 Å². The van der Waals surface area contributed by atoms with Gasteiger partial charge in [-0.2, -0.15) is 0 Å². The summed E-state index contributed by atoms with van der Waals surface area (Å²) >= 11 is 3.23. The number of thioether (sulfide) groups is 1. The fraction of sp³-hybridized carbons (Fsp3) is 0.150. The summed E-state index contributed by atoms with van der Waals surface area (Å²) in [6.45, 7) is 0.715. The standard InChI is InChI=1S/C20H17N3O2S2/c24-18(13-25-17-6-2-1-3-7-17)23-9-10-26-19(23)11-16-14-27-20(22-16)15-5-4-8-21-12-15/h1-8,11-12,14H,9-10,13H2/b19-11+. The molecule has 2 aromatic heterocycles. The van der Waals surface area contributed by atoms with E-state index >= 15 is 0 Å². The van der Waals surface area contributed by atoms with Gasteiger partial charge < -0.3 is 9.64 Å². The number of pyridine rings is 1. The van der Waals surface area contributed by atoms with Gasteiger partial charge in [-0.25, -0.2) is 4.98 Å². The first-order valence-electron chi connectivity index (χ1n) is 8.48. The number of nitrogens with zero attached hydrogens (tertiary/aromatic N) is 3. The molecule has 0 aliphatic carbocycles. The number of carbonyl (C=O) groups excluding carboxylic acids is 1. The first-order valence-corrected chi connectivity index (χ1v) is 10.3. The molecule has 0 radical (unpaired) electrons. The molecule has 0 spiro atoms. The van der Waals surface area contributed by atoms with Crippen LogP contribution in [0, 0.1) is 0 Å². The molecule has 0 atom stereocenters. The molecule has 1 amide bonds. The van der Waals surface area contributed by atoms with Gasteiger partial charge in [0.05, 0.1) is 10.7 Å². The third-order valence-electron chi connectivity index (χ3n) is 3.94. The van der Waals surface area contributed by atoms with Crippen molar-refractivity contribution in [3.05, 3.63) is 71.0 Å². The van der Waals surface area contributed by atoms with E-state index in [-0.39, 0.29) is 12.5 Å². The molecule has 0 bridgehead atoms. The van der Waals surface area contributed by atoms with E-state index in [2.05, 4.69) is 9.97 Å². The maximum atomic E-state index is 12.6. The number of para-hydroxylation sites is 1. The van der Waals surface area contributed by atoms with Crippen LogP contribution in [0.2, 0.25) is 0 Å². The summed E-state index contributed by atoms with van der Waals surface area (Å²) in [5.74, 6) is 1.53. The molecule has 0 N–H and O–H groups in total. The first kappa shape index (κ1) is 17.8. The number of rotatable bonds is 5. The van der Waals surface area contributed by atoms with Gasteiger partial charge in [0.15, 0.2) is 6.61 Å². The van der Waals surface area contributed by atoms with Crippen LogP contribution < -0.4 is 4.74 Å². The third kappa shape index (κ3) is 4.37. The van der Waals surface area contributed by atoms with Gasteiger partial charge in [0, 0.05) is 35.6 Å². The van der Waals surface area contributed by atoms with Crippen molar-refractivity contribution in [1.82, 2.24) is 14.9 Å². The quantitative estimate of drug-likeness (QED) is 0.649. The predicted octanol–water partition coefficient (Wildman–Crippen LogP) is 4.16. The Bertz CT molecular complexity index is 942. The van der Waals surface area contributed by atoms with Crippen molar-refractivity contribution in [3.63, 3.8) is 0 Å². The molecule has 1 saturated heterocycles. The lowest BCUT2D eigenvalue weighted by Crippen LogP contribution is -2.31. The molecule has 1 aliphatic heterocycles. The fourth-order valence-electron chi connectivity index (χ4n) is 2.64. The molecular weight excluding hydrogens is 378 g/mol. The molecule has 5 nitrogen and oxygen atoms in total. The molecular formula is C20H17N3O2S2. The van der Waals surface area contributed by atoms with Crippen LogP contribution >= 0.6 is 23.1 Å². The van der Waals surface area contributed by atoms with E-state index in [4.69, 9.17) is 4.74 Å². The maximum absolute atomic E-state index is 12.6. The van der Waals surface area contributed by atoms with Crippen LogP contribution in [-0.4, -0.2) is 39.7 Å². The van der Waals surface area contributed by atoms with Crippen LogP contribution in [0.25, 0.3) is 16.6 Å². The van der Waals surface area contributed by atoms with Crippen LogP contribution in [0.1, 0.15) is 5.69 Å². The molecule has 1 aromatic carbocycles. The number of carbonyl (C=O) groups is 1. The van der Waals surface area contributed by atoms with Gasteiger partial charge in [-0.3, -0.25) is 9.78 Å². The van der Waals surface area contributed by atoms with Gasteiger partial charge in [0.1, 0.15) is 10.8 Å². The number of benzene rings is 1. The SMILES string of the molecule is O=C(COc1ccccc1)N1CCS/C1=C/c1csc(-c2cccnc2)n1. The zero-order valence-corrected chi connectivity index (χ0v) is 16.1. The second-order valence-corrected chi connectivity index (χ2v) is 7.77. The minimum Gasteiger partial charge on any atom is -0.484 e. The summed E-state index contributed by atoms with van der Waals surface area (Å²) in [6.07, 6.45) is 5.52. The maximum Gasteiger partial charge on any atom is 0.265 e. The van der Waals surface area contributed by atoms with Crippen LogP contribution in [0.15, 0.2) is 65.3 Å². The highest BCUT2D eigenvalue weighted by atomic mass is 32.2. The van der Waals surface area contributed by atoms with E-state index in [0.29, 0.717) is 12.3 Å². The normalized spacial score (nSPS) is 15.3. The predicted molar refractivity (Wildman–Crippen MR) is 109 cm³/mol. The zero-order chi connectivity index (χ0) is 18.5. The molecule has 3 aromatic rings. The average molecular weight is 396 g/mol. The van der Waals surface area contributed by atoms with Gasteiger partial charge in [0.25, 0.3) is 5.91 Å². The number of hydrogen-bond acceptors (Lipinski definition) is 6. The van der Waals surface area contributed by atoms with Crippen LogP contribution in [0.4, 0.5) is 0 Å². The summed E-state index contributed by atoms with van der Waals surface area (Å²) in [7, 11) is 0. The van der Waals surface area contributed by atoms with Crippen molar-refractivity contribution < 1.29 is 9.53 Å². The minimum atomic E-state index is -0.0437. The highest BCUT2D eigenvalue weighted by molar-refractivity contribution is 8.03. The lowest BCUT2D eigenvalue weighted by atomic mass is 10.3. The molecule has 136 valence electrons. The molecule has 7 heteroatoms. The molecule has 0 unspecified atom stereocenters. The largest absolute Gasteiger partial charge is 0.484 e. The summed E-state index contributed by atoms with van der Waals surface area (Å²) in [4.78, 5) is 23.1. The monoisotopic (exact) mass is 395 g/mol. The Morgan fingerprint density at radius 3 is 2.93 bits per heavy atom. The van der Waals surface area contributed by atoms with E-state index in [9.17, 15) is 4.79 Å². The number of ether oxygens (including phenoxy) is 1.